The SMILES string of the molecule is CC(C)(C)OC(=O)N1CCC2(CCN(C3COC(C)(C)OC3)CC2)C1. The van der Waals surface area contributed by atoms with E-state index in [0.717, 1.165) is 58.7 Å². The molecule has 3 heterocycles. The summed E-state index contributed by atoms with van der Waals surface area (Å²) in [5.41, 5.74) is -0.159. The molecule has 0 aliphatic carbocycles. The van der Waals surface area contributed by atoms with Crippen molar-refractivity contribution >= 4 is 6.09 Å². The molecular weight excluding hydrogens is 320 g/mol. The van der Waals surface area contributed by atoms with Gasteiger partial charge in [-0.25, -0.2) is 4.79 Å². The van der Waals surface area contributed by atoms with Gasteiger partial charge in [0, 0.05) is 13.1 Å². The molecule has 0 aromatic heterocycles. The molecule has 3 aliphatic heterocycles. The van der Waals surface area contributed by atoms with Crippen molar-refractivity contribution in [3.05, 3.63) is 0 Å². The Labute approximate surface area is 151 Å². The molecule has 3 aliphatic rings. The van der Waals surface area contributed by atoms with Crippen LogP contribution in [0.5, 0.6) is 0 Å². The summed E-state index contributed by atoms with van der Waals surface area (Å²) in [6.45, 7) is 14.9. The fourth-order valence-corrected chi connectivity index (χ4v) is 4.08. The molecule has 0 bridgehead atoms. The number of piperidine rings is 1. The van der Waals surface area contributed by atoms with Crippen LogP contribution in [0.3, 0.4) is 0 Å². The molecule has 25 heavy (non-hydrogen) atoms. The molecule has 0 aromatic rings. The van der Waals surface area contributed by atoms with E-state index < -0.39 is 11.4 Å². The number of ether oxygens (including phenoxy) is 3. The third-order valence-corrected chi connectivity index (χ3v) is 5.71. The van der Waals surface area contributed by atoms with Crippen LogP contribution in [-0.2, 0) is 14.2 Å². The molecule has 3 fully saturated rings. The second-order valence-electron chi connectivity index (χ2n) is 9.36. The Balaban J connectivity index is 1.48. The van der Waals surface area contributed by atoms with Crippen LogP contribution in [0.1, 0.15) is 53.9 Å². The van der Waals surface area contributed by atoms with Gasteiger partial charge in [0.1, 0.15) is 5.60 Å². The van der Waals surface area contributed by atoms with Crippen LogP contribution in [-0.4, -0.2) is 72.7 Å². The minimum atomic E-state index is -0.452. The lowest BCUT2D eigenvalue weighted by Gasteiger charge is -2.45. The van der Waals surface area contributed by atoms with Crippen molar-refractivity contribution in [1.82, 2.24) is 9.80 Å². The summed E-state index contributed by atoms with van der Waals surface area (Å²) in [4.78, 5) is 16.7. The molecule has 6 heteroatoms. The van der Waals surface area contributed by atoms with Gasteiger partial charge in [0.15, 0.2) is 5.79 Å². The highest BCUT2D eigenvalue weighted by Gasteiger charge is 2.44. The van der Waals surface area contributed by atoms with Gasteiger partial charge >= 0.3 is 6.09 Å². The molecule has 0 N–H and O–H groups in total. The summed E-state index contributed by atoms with van der Waals surface area (Å²) in [7, 11) is 0. The summed E-state index contributed by atoms with van der Waals surface area (Å²) in [5.74, 6) is -0.452. The van der Waals surface area contributed by atoms with E-state index >= 15 is 0 Å². The van der Waals surface area contributed by atoms with Crippen LogP contribution in [0, 0.1) is 5.41 Å². The monoisotopic (exact) mass is 354 g/mol. The number of rotatable bonds is 1. The Morgan fingerprint density at radius 1 is 1.04 bits per heavy atom. The number of hydrogen-bond acceptors (Lipinski definition) is 5. The van der Waals surface area contributed by atoms with Crippen molar-refractivity contribution in [2.45, 2.75) is 71.3 Å². The Bertz CT molecular complexity index is 482. The van der Waals surface area contributed by atoms with E-state index in [1.165, 1.54) is 0 Å². The summed E-state index contributed by atoms with van der Waals surface area (Å²) < 4.78 is 17.2. The van der Waals surface area contributed by atoms with Crippen LogP contribution in [0.15, 0.2) is 0 Å². The van der Waals surface area contributed by atoms with Gasteiger partial charge in [-0.05, 0) is 72.4 Å². The van der Waals surface area contributed by atoms with Crippen LogP contribution in [0.2, 0.25) is 0 Å². The quantitative estimate of drug-likeness (QED) is 0.725. The highest BCUT2D eigenvalue weighted by Crippen LogP contribution is 2.41. The van der Waals surface area contributed by atoms with Gasteiger partial charge in [-0.2, -0.15) is 0 Å². The minimum absolute atomic E-state index is 0.164. The van der Waals surface area contributed by atoms with Gasteiger partial charge in [-0.3, -0.25) is 4.90 Å². The molecule has 0 radical (unpaired) electrons. The zero-order valence-electron chi connectivity index (χ0n) is 16.5. The smallest absolute Gasteiger partial charge is 0.410 e. The Morgan fingerprint density at radius 2 is 1.60 bits per heavy atom. The molecule has 3 saturated heterocycles. The second-order valence-corrected chi connectivity index (χ2v) is 9.36. The largest absolute Gasteiger partial charge is 0.444 e. The zero-order chi connectivity index (χ0) is 18.3. The maximum absolute atomic E-state index is 12.3. The van der Waals surface area contributed by atoms with Crippen molar-refractivity contribution in [1.29, 1.82) is 0 Å². The molecule has 3 rings (SSSR count). The summed E-state index contributed by atoms with van der Waals surface area (Å²) in [5, 5.41) is 0. The summed E-state index contributed by atoms with van der Waals surface area (Å²) in [6.07, 6.45) is 3.19. The topological polar surface area (TPSA) is 51.2 Å². The van der Waals surface area contributed by atoms with E-state index in [1.54, 1.807) is 0 Å². The lowest BCUT2D eigenvalue weighted by atomic mass is 9.77. The van der Waals surface area contributed by atoms with E-state index in [9.17, 15) is 4.79 Å². The first kappa shape index (κ1) is 18.9. The fourth-order valence-electron chi connectivity index (χ4n) is 4.08. The molecule has 1 spiro atoms. The Kier molecular flexibility index (Phi) is 5.08. The highest BCUT2D eigenvalue weighted by atomic mass is 16.7. The van der Waals surface area contributed by atoms with Gasteiger partial charge in [0.05, 0.1) is 19.3 Å². The van der Waals surface area contributed by atoms with Crippen molar-refractivity contribution in [3.8, 4) is 0 Å². The molecule has 0 atom stereocenters. The third kappa shape index (κ3) is 4.66. The van der Waals surface area contributed by atoms with Crippen LogP contribution in [0.25, 0.3) is 0 Å². The number of likely N-dealkylation sites (tertiary alicyclic amines) is 2. The van der Waals surface area contributed by atoms with E-state index in [0.29, 0.717) is 6.04 Å². The van der Waals surface area contributed by atoms with Crippen molar-refractivity contribution in [2.24, 2.45) is 5.41 Å². The number of amides is 1. The standard InChI is InChI=1S/C19H34N2O4/c1-17(2,3)25-16(22)21-11-8-19(14-21)6-9-20(10-7-19)15-12-23-18(4,5)24-13-15/h15H,6-14H2,1-5H3. The van der Waals surface area contributed by atoms with E-state index in [1.807, 2.05) is 39.5 Å². The Morgan fingerprint density at radius 3 is 2.16 bits per heavy atom. The lowest BCUT2D eigenvalue weighted by Crippen LogP contribution is -2.54. The van der Waals surface area contributed by atoms with Crippen molar-refractivity contribution < 1.29 is 19.0 Å². The molecule has 0 saturated carbocycles. The molecular formula is C19H34N2O4. The molecule has 0 aromatic carbocycles. The molecule has 144 valence electrons. The summed E-state index contributed by atoms with van der Waals surface area (Å²) >= 11 is 0. The lowest BCUT2D eigenvalue weighted by molar-refractivity contribution is -0.265. The normalized spacial score (nSPS) is 27.6. The number of carbonyl (C=O) groups is 1. The van der Waals surface area contributed by atoms with Crippen molar-refractivity contribution in [3.63, 3.8) is 0 Å². The zero-order valence-corrected chi connectivity index (χ0v) is 16.5. The van der Waals surface area contributed by atoms with Crippen LogP contribution in [0.4, 0.5) is 4.79 Å². The van der Waals surface area contributed by atoms with Crippen LogP contribution < -0.4 is 0 Å². The maximum Gasteiger partial charge on any atom is 0.410 e. The fraction of sp³-hybridized carbons (Fsp3) is 0.947. The molecule has 0 unspecified atom stereocenters. The first-order valence-electron chi connectivity index (χ1n) is 9.58. The predicted octanol–water partition coefficient (Wildman–Crippen LogP) is 2.86. The van der Waals surface area contributed by atoms with E-state index in [2.05, 4.69) is 4.90 Å². The number of nitrogens with zero attached hydrogens (tertiary/aromatic N) is 2. The average Bonchev–Trinajstić information content (AvgIpc) is 2.91. The van der Waals surface area contributed by atoms with Crippen LogP contribution >= 0.6 is 0 Å². The number of hydrogen-bond donors (Lipinski definition) is 0. The van der Waals surface area contributed by atoms with Gasteiger partial charge in [-0.15, -0.1) is 0 Å². The second kappa shape index (κ2) is 6.71. The predicted molar refractivity (Wildman–Crippen MR) is 95.4 cm³/mol. The minimum Gasteiger partial charge on any atom is -0.444 e. The molecule has 1 amide bonds. The van der Waals surface area contributed by atoms with Gasteiger partial charge in [-0.1, -0.05) is 0 Å². The highest BCUT2D eigenvalue weighted by molar-refractivity contribution is 5.68. The Hall–Kier alpha value is -0.850. The van der Waals surface area contributed by atoms with Gasteiger partial charge in [0.25, 0.3) is 0 Å². The third-order valence-electron chi connectivity index (χ3n) is 5.71. The maximum atomic E-state index is 12.3. The average molecular weight is 354 g/mol. The van der Waals surface area contributed by atoms with Crippen molar-refractivity contribution in [2.75, 3.05) is 39.4 Å². The summed E-state index contributed by atoms with van der Waals surface area (Å²) in [6, 6.07) is 0.355. The van der Waals surface area contributed by atoms with Gasteiger partial charge < -0.3 is 19.1 Å². The first-order chi connectivity index (χ1) is 11.6. The molecule has 6 nitrogen and oxygen atoms in total. The first-order valence-corrected chi connectivity index (χ1v) is 9.58. The van der Waals surface area contributed by atoms with Gasteiger partial charge in [0.2, 0.25) is 0 Å². The number of carbonyl (C=O) groups excluding carboxylic acids is 1. The van der Waals surface area contributed by atoms with E-state index in [4.69, 9.17) is 14.2 Å². The van der Waals surface area contributed by atoms with E-state index in [-0.39, 0.29) is 11.5 Å².